The molecule has 2 fully saturated rings. The zero-order valence-corrected chi connectivity index (χ0v) is 11.6. The maximum absolute atomic E-state index is 5.41. The molecule has 0 atom stereocenters. The lowest BCUT2D eigenvalue weighted by molar-refractivity contribution is 0.188. The fraction of sp³-hybridized carbons (Fsp3) is 0.600. The molecule has 1 aliphatic carbocycles. The Morgan fingerprint density at radius 2 is 2.05 bits per heavy atom. The number of aromatic amines is 1. The number of likely N-dealkylation sites (tertiary alicyclic amines) is 1. The highest BCUT2D eigenvalue weighted by Gasteiger charge is 2.30. The first kappa shape index (κ1) is 12.1. The summed E-state index contributed by atoms with van der Waals surface area (Å²) in [6.45, 7) is 3.12. The van der Waals surface area contributed by atoms with E-state index < -0.39 is 0 Å². The van der Waals surface area contributed by atoms with Gasteiger partial charge in [-0.25, -0.2) is 4.98 Å². The fourth-order valence-electron chi connectivity index (χ4n) is 2.98. The number of rotatable bonds is 4. The van der Waals surface area contributed by atoms with Crippen molar-refractivity contribution in [2.24, 2.45) is 0 Å². The summed E-state index contributed by atoms with van der Waals surface area (Å²) in [6.07, 6.45) is 6.58. The molecule has 1 N–H and O–H groups in total. The van der Waals surface area contributed by atoms with Gasteiger partial charge in [-0.05, 0) is 50.9 Å². The molecular weight excluding hydrogens is 252 g/mol. The Bertz CT molecular complexity index is 550. The lowest BCUT2D eigenvalue weighted by Crippen LogP contribution is -2.32. The van der Waals surface area contributed by atoms with Crippen LogP contribution in [0.1, 0.15) is 54.9 Å². The molecular formula is C15H20N4O. The number of hydrogen-bond donors (Lipinski definition) is 1. The van der Waals surface area contributed by atoms with E-state index in [1.807, 2.05) is 12.1 Å². The monoisotopic (exact) mass is 272 g/mol. The average Bonchev–Trinajstić information content (AvgIpc) is 3.00. The van der Waals surface area contributed by atoms with Crippen LogP contribution < -0.4 is 0 Å². The number of hydrogen-bond acceptors (Lipinski definition) is 4. The Balaban J connectivity index is 1.34. The zero-order chi connectivity index (χ0) is 13.4. The number of piperidine rings is 1. The molecule has 20 heavy (non-hydrogen) atoms. The molecule has 1 saturated carbocycles. The zero-order valence-electron chi connectivity index (χ0n) is 11.6. The third kappa shape index (κ3) is 2.50. The predicted octanol–water partition coefficient (Wildman–Crippen LogP) is 2.65. The summed E-state index contributed by atoms with van der Waals surface area (Å²) in [5.41, 5.74) is 0. The van der Waals surface area contributed by atoms with Gasteiger partial charge in [-0.3, -0.25) is 10.00 Å². The quantitative estimate of drug-likeness (QED) is 0.929. The van der Waals surface area contributed by atoms with Gasteiger partial charge in [0.05, 0.1) is 12.8 Å². The second kappa shape index (κ2) is 5.05. The highest BCUT2D eigenvalue weighted by atomic mass is 16.3. The van der Waals surface area contributed by atoms with Crippen molar-refractivity contribution in [2.45, 2.75) is 44.1 Å². The van der Waals surface area contributed by atoms with Crippen molar-refractivity contribution in [2.75, 3.05) is 13.1 Å². The van der Waals surface area contributed by atoms with E-state index in [9.17, 15) is 0 Å². The van der Waals surface area contributed by atoms with Crippen LogP contribution in [0, 0.1) is 0 Å². The fourth-order valence-corrected chi connectivity index (χ4v) is 2.98. The van der Waals surface area contributed by atoms with Gasteiger partial charge in [-0.15, -0.1) is 0 Å². The molecule has 0 unspecified atom stereocenters. The molecule has 0 bridgehead atoms. The minimum atomic E-state index is 0.544. The smallest absolute Gasteiger partial charge is 0.153 e. The first-order valence-corrected chi connectivity index (χ1v) is 7.55. The number of nitrogens with zero attached hydrogens (tertiary/aromatic N) is 3. The molecule has 2 aromatic rings. The molecule has 4 rings (SSSR count). The largest absolute Gasteiger partial charge is 0.468 e. The molecule has 0 radical (unpaired) electrons. The van der Waals surface area contributed by atoms with Crippen molar-refractivity contribution in [1.29, 1.82) is 0 Å². The van der Waals surface area contributed by atoms with E-state index in [4.69, 9.17) is 9.40 Å². The van der Waals surface area contributed by atoms with Crippen LogP contribution >= 0.6 is 0 Å². The van der Waals surface area contributed by atoms with Crippen molar-refractivity contribution >= 4 is 0 Å². The van der Waals surface area contributed by atoms with Gasteiger partial charge in [0, 0.05) is 11.8 Å². The third-order valence-electron chi connectivity index (χ3n) is 4.40. The maximum Gasteiger partial charge on any atom is 0.153 e. The van der Waals surface area contributed by atoms with Crippen LogP contribution in [0.4, 0.5) is 0 Å². The lowest BCUT2D eigenvalue weighted by Gasteiger charge is -2.30. The van der Waals surface area contributed by atoms with Crippen LogP contribution in [-0.2, 0) is 6.54 Å². The van der Waals surface area contributed by atoms with Crippen molar-refractivity contribution in [1.82, 2.24) is 20.1 Å². The molecule has 0 aromatic carbocycles. The molecule has 0 amide bonds. The average molecular weight is 272 g/mol. The number of aromatic nitrogens is 3. The van der Waals surface area contributed by atoms with Crippen molar-refractivity contribution in [3.8, 4) is 0 Å². The summed E-state index contributed by atoms with van der Waals surface area (Å²) in [5, 5.41) is 7.53. The van der Waals surface area contributed by atoms with Crippen LogP contribution in [0.3, 0.4) is 0 Å². The summed E-state index contributed by atoms with van der Waals surface area (Å²) in [5.74, 6) is 4.38. The van der Waals surface area contributed by atoms with E-state index in [0.29, 0.717) is 11.8 Å². The van der Waals surface area contributed by atoms with Crippen LogP contribution in [0.5, 0.6) is 0 Å². The molecule has 106 valence electrons. The van der Waals surface area contributed by atoms with E-state index in [1.165, 1.54) is 12.8 Å². The van der Waals surface area contributed by atoms with Crippen molar-refractivity contribution in [3.63, 3.8) is 0 Å². The predicted molar refractivity (Wildman–Crippen MR) is 74.3 cm³/mol. The summed E-state index contributed by atoms with van der Waals surface area (Å²) in [4.78, 5) is 7.14. The second-order valence-corrected chi connectivity index (χ2v) is 5.98. The summed E-state index contributed by atoms with van der Waals surface area (Å²) >= 11 is 0. The summed E-state index contributed by atoms with van der Waals surface area (Å²) in [6, 6.07) is 4.00. The molecule has 2 aliphatic rings. The van der Waals surface area contributed by atoms with Crippen LogP contribution in [0.2, 0.25) is 0 Å². The molecule has 2 aromatic heterocycles. The van der Waals surface area contributed by atoms with E-state index in [1.54, 1.807) is 6.26 Å². The van der Waals surface area contributed by atoms with E-state index in [0.717, 1.165) is 49.9 Å². The van der Waals surface area contributed by atoms with Gasteiger partial charge < -0.3 is 4.42 Å². The Morgan fingerprint density at radius 1 is 1.20 bits per heavy atom. The SMILES string of the molecule is c1coc(CN2CCC(c3nc(C4CC4)n[nH]3)CC2)c1. The Kier molecular flexibility index (Phi) is 3.07. The van der Waals surface area contributed by atoms with Gasteiger partial charge in [0.25, 0.3) is 0 Å². The molecule has 3 heterocycles. The van der Waals surface area contributed by atoms with Gasteiger partial charge in [0.1, 0.15) is 11.6 Å². The van der Waals surface area contributed by atoms with E-state index in [2.05, 4.69) is 15.1 Å². The second-order valence-electron chi connectivity index (χ2n) is 5.98. The van der Waals surface area contributed by atoms with Gasteiger partial charge in [-0.2, -0.15) is 5.10 Å². The molecule has 5 heteroatoms. The maximum atomic E-state index is 5.41. The first-order chi connectivity index (χ1) is 9.88. The number of furan rings is 1. The Morgan fingerprint density at radius 3 is 2.75 bits per heavy atom. The molecule has 1 saturated heterocycles. The van der Waals surface area contributed by atoms with Crippen molar-refractivity contribution in [3.05, 3.63) is 35.8 Å². The van der Waals surface area contributed by atoms with E-state index in [-0.39, 0.29) is 0 Å². The third-order valence-corrected chi connectivity index (χ3v) is 4.40. The summed E-state index contributed by atoms with van der Waals surface area (Å²) in [7, 11) is 0. The van der Waals surface area contributed by atoms with Crippen LogP contribution in [0.15, 0.2) is 22.8 Å². The highest BCUT2D eigenvalue weighted by Crippen LogP contribution is 2.38. The minimum absolute atomic E-state index is 0.544. The van der Waals surface area contributed by atoms with Crippen molar-refractivity contribution < 1.29 is 4.42 Å². The standard InChI is InChI=1S/C15H20N4O/c1-2-13(20-9-1)10-19-7-5-12(6-8-19)15-16-14(17-18-15)11-3-4-11/h1-2,9,11-12H,3-8,10H2,(H,16,17,18). The summed E-state index contributed by atoms with van der Waals surface area (Å²) < 4.78 is 5.41. The van der Waals surface area contributed by atoms with Gasteiger partial charge in [0.15, 0.2) is 5.82 Å². The van der Waals surface area contributed by atoms with Gasteiger partial charge >= 0.3 is 0 Å². The van der Waals surface area contributed by atoms with E-state index >= 15 is 0 Å². The van der Waals surface area contributed by atoms with Crippen LogP contribution in [-0.4, -0.2) is 33.2 Å². The van der Waals surface area contributed by atoms with Crippen LogP contribution in [0.25, 0.3) is 0 Å². The molecule has 1 aliphatic heterocycles. The first-order valence-electron chi connectivity index (χ1n) is 7.55. The molecule has 5 nitrogen and oxygen atoms in total. The Labute approximate surface area is 118 Å². The lowest BCUT2D eigenvalue weighted by atomic mass is 9.96. The topological polar surface area (TPSA) is 58.0 Å². The van der Waals surface area contributed by atoms with Gasteiger partial charge in [-0.1, -0.05) is 0 Å². The minimum Gasteiger partial charge on any atom is -0.468 e. The molecule has 0 spiro atoms. The van der Waals surface area contributed by atoms with Gasteiger partial charge in [0.2, 0.25) is 0 Å². The highest BCUT2D eigenvalue weighted by molar-refractivity contribution is 5.08. The Hall–Kier alpha value is -1.62. The number of nitrogens with one attached hydrogen (secondary N) is 1. The number of H-pyrrole nitrogens is 1. The normalized spacial score (nSPS) is 21.4.